The summed E-state index contributed by atoms with van der Waals surface area (Å²) in [6.07, 6.45) is 6.79. The second-order valence-electron chi connectivity index (χ2n) is 7.27. The second-order valence-corrected chi connectivity index (χ2v) is 7.27. The van der Waals surface area contributed by atoms with E-state index in [2.05, 4.69) is 31.2 Å². The summed E-state index contributed by atoms with van der Waals surface area (Å²) >= 11 is 0. The van der Waals surface area contributed by atoms with Crippen LogP contribution in [0.5, 0.6) is 0 Å². The number of piperidine rings is 1. The van der Waals surface area contributed by atoms with Gasteiger partial charge in [0.25, 0.3) is 0 Å². The Kier molecular flexibility index (Phi) is 5.79. The molecular weight excluding hydrogens is 336 g/mol. The number of nitrogens with zero attached hydrogens (tertiary/aromatic N) is 6. The number of hydrogen-bond acceptors (Lipinski definition) is 9. The molecule has 0 radical (unpaired) electrons. The van der Waals surface area contributed by atoms with E-state index in [0.29, 0.717) is 5.28 Å². The Morgan fingerprint density at radius 1 is 1.27 bits per heavy atom. The van der Waals surface area contributed by atoms with Crippen molar-refractivity contribution in [2.45, 2.75) is 45.3 Å². The minimum absolute atomic E-state index is 0.0149. The lowest BCUT2D eigenvalue weighted by Crippen LogP contribution is -2.53. The molecule has 0 aromatic carbocycles. The Morgan fingerprint density at radius 3 is 2.62 bits per heavy atom. The minimum Gasteiger partial charge on any atom is -0.756 e. The first-order chi connectivity index (χ1) is 12.4. The van der Waals surface area contributed by atoms with E-state index >= 15 is 0 Å². The third-order valence-corrected chi connectivity index (χ3v) is 3.92. The molecule has 0 saturated carbocycles. The summed E-state index contributed by atoms with van der Waals surface area (Å²) in [6, 6.07) is 3.94. The second kappa shape index (κ2) is 8.06. The van der Waals surface area contributed by atoms with Crippen molar-refractivity contribution in [2.24, 2.45) is 0 Å². The van der Waals surface area contributed by atoms with E-state index < -0.39 is 0 Å². The molecule has 1 saturated heterocycles. The van der Waals surface area contributed by atoms with Gasteiger partial charge in [0, 0.05) is 18.6 Å². The molecule has 10 nitrogen and oxygen atoms in total. The number of aromatic nitrogens is 4. The molecule has 0 aliphatic carbocycles. The molecule has 0 unspecified atom stereocenters. The third kappa shape index (κ3) is 5.19. The van der Waals surface area contributed by atoms with E-state index in [1.54, 1.807) is 23.3 Å². The lowest BCUT2D eigenvalue weighted by molar-refractivity contribution is -0.136. The molecule has 10 heteroatoms. The largest absolute Gasteiger partial charge is 0.756 e. The Balaban J connectivity index is 1.45. The van der Waals surface area contributed by atoms with Gasteiger partial charge in [0.2, 0.25) is 0 Å². The average molecular weight is 361 g/mol. The van der Waals surface area contributed by atoms with E-state index in [4.69, 9.17) is 4.84 Å². The highest BCUT2D eigenvalue weighted by Gasteiger charge is 2.21. The summed E-state index contributed by atoms with van der Waals surface area (Å²) < 4.78 is 1.67. The van der Waals surface area contributed by atoms with E-state index in [9.17, 15) is 5.21 Å². The number of pyridine rings is 1. The minimum atomic E-state index is -0.328. The van der Waals surface area contributed by atoms with Crippen molar-refractivity contribution in [3.05, 3.63) is 35.9 Å². The standard InChI is InChI=1S/C16H25N8O2/c1-16(2,3)19-24(25)21-26-14-6-9-22(10-7-14)15-5-4-13(12-17-15)23-11-8-18-20-23/h4-5,8,11-12,14,19,21H,6-7,9-10H2,1-3H3/q-1. The summed E-state index contributed by atoms with van der Waals surface area (Å²) in [6.45, 7) is 7.33. The molecule has 3 heterocycles. The first kappa shape index (κ1) is 18.7. The van der Waals surface area contributed by atoms with E-state index in [1.165, 1.54) is 0 Å². The molecule has 1 aliphatic heterocycles. The molecular formula is C16H25N8O2-. The van der Waals surface area contributed by atoms with Crippen LogP contribution in [-0.4, -0.2) is 50.0 Å². The lowest BCUT2D eigenvalue weighted by atomic mass is 10.1. The number of nitrogens with one attached hydrogen (secondary N) is 2. The van der Waals surface area contributed by atoms with Crippen molar-refractivity contribution in [3.63, 3.8) is 0 Å². The van der Waals surface area contributed by atoms with Gasteiger partial charge in [-0.1, -0.05) is 5.21 Å². The highest BCUT2D eigenvalue weighted by Crippen LogP contribution is 2.20. The van der Waals surface area contributed by atoms with Crippen molar-refractivity contribution >= 4 is 5.82 Å². The fourth-order valence-electron chi connectivity index (χ4n) is 2.70. The Hall–Kier alpha value is -2.11. The number of rotatable bonds is 6. The van der Waals surface area contributed by atoms with Crippen LogP contribution in [0.25, 0.3) is 5.69 Å². The van der Waals surface area contributed by atoms with Crippen LogP contribution in [0.1, 0.15) is 33.6 Å². The van der Waals surface area contributed by atoms with E-state index in [1.807, 2.05) is 32.9 Å². The highest BCUT2D eigenvalue weighted by atomic mass is 16.8. The number of hydrogen-bond donors (Lipinski definition) is 2. The van der Waals surface area contributed by atoms with Gasteiger partial charge in [-0.3, -0.25) is 4.84 Å². The monoisotopic (exact) mass is 361 g/mol. The summed E-state index contributed by atoms with van der Waals surface area (Å²) in [5.74, 6) is 0.917. The smallest absolute Gasteiger partial charge is 0.128 e. The molecule has 0 amide bonds. The predicted octanol–water partition coefficient (Wildman–Crippen LogP) is 1.17. The van der Waals surface area contributed by atoms with Crippen molar-refractivity contribution in [1.29, 1.82) is 0 Å². The zero-order chi connectivity index (χ0) is 18.6. The van der Waals surface area contributed by atoms with E-state index in [-0.39, 0.29) is 11.6 Å². The molecule has 0 atom stereocenters. The van der Waals surface area contributed by atoms with Crippen LogP contribution in [0.4, 0.5) is 5.82 Å². The predicted molar refractivity (Wildman–Crippen MR) is 96.7 cm³/mol. The van der Waals surface area contributed by atoms with Crippen LogP contribution in [0.2, 0.25) is 0 Å². The lowest BCUT2D eigenvalue weighted by Gasteiger charge is -2.38. The molecule has 0 bridgehead atoms. The van der Waals surface area contributed by atoms with Crippen LogP contribution in [-0.2, 0) is 4.84 Å². The summed E-state index contributed by atoms with van der Waals surface area (Å²) in [5, 5.41) is 19.9. The first-order valence-corrected chi connectivity index (χ1v) is 8.65. The average Bonchev–Trinajstić information content (AvgIpc) is 3.14. The third-order valence-electron chi connectivity index (χ3n) is 3.92. The van der Waals surface area contributed by atoms with Crippen LogP contribution < -0.4 is 15.9 Å². The fraction of sp³-hybridized carbons (Fsp3) is 0.562. The van der Waals surface area contributed by atoms with Gasteiger partial charge in [-0.25, -0.2) is 20.4 Å². The quantitative estimate of drug-likeness (QED) is 0.733. The fourth-order valence-corrected chi connectivity index (χ4v) is 2.70. The van der Waals surface area contributed by atoms with Crippen LogP contribution >= 0.6 is 0 Å². The molecule has 0 spiro atoms. The maximum absolute atomic E-state index is 11.7. The van der Waals surface area contributed by atoms with Gasteiger partial charge < -0.3 is 10.1 Å². The molecule has 142 valence electrons. The maximum atomic E-state index is 11.7. The van der Waals surface area contributed by atoms with Crippen molar-refractivity contribution < 1.29 is 4.84 Å². The van der Waals surface area contributed by atoms with Crippen LogP contribution in [0.15, 0.2) is 30.7 Å². The molecule has 2 aromatic heterocycles. The van der Waals surface area contributed by atoms with Crippen molar-refractivity contribution in [2.75, 3.05) is 18.0 Å². The molecule has 2 aromatic rings. The molecule has 2 N–H and O–H groups in total. The van der Waals surface area contributed by atoms with Crippen molar-refractivity contribution in [3.8, 4) is 5.69 Å². The van der Waals surface area contributed by atoms with Crippen molar-refractivity contribution in [1.82, 2.24) is 36.3 Å². The number of hydrazine groups is 2. The highest BCUT2D eigenvalue weighted by molar-refractivity contribution is 5.43. The van der Waals surface area contributed by atoms with Crippen LogP contribution in [0.3, 0.4) is 0 Å². The number of anilines is 1. The maximum Gasteiger partial charge on any atom is 0.128 e. The molecule has 3 rings (SSSR count). The SMILES string of the molecule is CC(C)(C)NN([O-])NOC1CCN(c2ccc(-n3ccnn3)cn2)CC1. The van der Waals surface area contributed by atoms with Gasteiger partial charge in [-0.05, 0) is 45.7 Å². The normalized spacial score (nSPS) is 16.4. The summed E-state index contributed by atoms with van der Waals surface area (Å²) in [5.41, 5.74) is 5.67. The molecule has 1 aliphatic rings. The van der Waals surface area contributed by atoms with Gasteiger partial charge >= 0.3 is 0 Å². The van der Waals surface area contributed by atoms with Crippen LogP contribution in [0, 0.1) is 5.21 Å². The topological polar surface area (TPSA) is 106 Å². The van der Waals surface area contributed by atoms with Gasteiger partial charge in [-0.2, -0.15) is 0 Å². The zero-order valence-corrected chi connectivity index (χ0v) is 15.3. The Labute approximate surface area is 152 Å². The zero-order valence-electron chi connectivity index (χ0n) is 15.3. The van der Waals surface area contributed by atoms with Gasteiger partial charge in [0.1, 0.15) is 5.82 Å². The van der Waals surface area contributed by atoms with Gasteiger partial charge in [-0.15, -0.1) is 10.7 Å². The summed E-state index contributed by atoms with van der Waals surface area (Å²) in [4.78, 5) is 12.2. The Morgan fingerprint density at radius 2 is 2.04 bits per heavy atom. The molecule has 1 fully saturated rings. The van der Waals surface area contributed by atoms with Gasteiger partial charge in [0.15, 0.2) is 0 Å². The first-order valence-electron chi connectivity index (χ1n) is 8.65. The Bertz CT molecular complexity index is 663. The van der Waals surface area contributed by atoms with Gasteiger partial charge in [0.05, 0.1) is 30.4 Å². The van der Waals surface area contributed by atoms with E-state index in [0.717, 1.165) is 37.4 Å². The summed E-state index contributed by atoms with van der Waals surface area (Å²) in [7, 11) is 0. The molecule has 26 heavy (non-hydrogen) atoms.